The Balaban J connectivity index is 2.40. The zero-order chi connectivity index (χ0) is 13.2. The maximum absolute atomic E-state index is 13.0. The molecule has 0 aliphatic rings. The van der Waals surface area contributed by atoms with Crippen molar-refractivity contribution >= 4 is 21.5 Å². The molecule has 0 radical (unpaired) electrons. The lowest BCUT2D eigenvalue weighted by molar-refractivity contribution is 0.595. The Morgan fingerprint density at radius 1 is 1.28 bits per heavy atom. The van der Waals surface area contributed by atoms with Crippen LogP contribution in [0.25, 0.3) is 0 Å². The predicted molar refractivity (Wildman–Crippen MR) is 63.7 cm³/mol. The first-order valence-electron chi connectivity index (χ1n) is 4.83. The average molecular weight is 268 g/mol. The molecule has 0 fully saturated rings. The number of sulfonamides is 1. The third-order valence-electron chi connectivity index (χ3n) is 2.07. The highest BCUT2D eigenvalue weighted by molar-refractivity contribution is 7.92. The summed E-state index contributed by atoms with van der Waals surface area (Å²) in [5.74, 6) is -0.662. The van der Waals surface area contributed by atoms with Gasteiger partial charge in [-0.3, -0.25) is 9.71 Å². The molecule has 1 aromatic heterocycles. The van der Waals surface area contributed by atoms with E-state index in [2.05, 4.69) is 14.7 Å². The first kappa shape index (κ1) is 12.2. The van der Waals surface area contributed by atoms with Gasteiger partial charge in [0.15, 0.2) is 5.82 Å². The van der Waals surface area contributed by atoms with Crippen LogP contribution in [0, 0.1) is 5.82 Å². The number of rotatable bonds is 3. The molecule has 1 aromatic carbocycles. The Hall–Kier alpha value is -2.22. The summed E-state index contributed by atoms with van der Waals surface area (Å²) in [5, 5.41) is 0. The molecule has 0 aliphatic heterocycles. The summed E-state index contributed by atoms with van der Waals surface area (Å²) in [6, 6.07) is 3.10. The molecule has 2 rings (SSSR count). The van der Waals surface area contributed by atoms with Gasteiger partial charge in [-0.15, -0.1) is 0 Å². The fourth-order valence-corrected chi connectivity index (χ4v) is 2.42. The normalized spacial score (nSPS) is 11.2. The van der Waals surface area contributed by atoms with E-state index in [1.165, 1.54) is 24.7 Å². The third-order valence-corrected chi connectivity index (χ3v) is 3.48. The van der Waals surface area contributed by atoms with Gasteiger partial charge in [-0.1, -0.05) is 0 Å². The van der Waals surface area contributed by atoms with Crippen molar-refractivity contribution in [2.75, 3.05) is 10.5 Å². The molecule has 0 unspecified atom stereocenters. The number of nitrogens with two attached hydrogens (primary N) is 1. The lowest BCUT2D eigenvalue weighted by Gasteiger charge is -2.08. The van der Waals surface area contributed by atoms with Crippen LogP contribution in [0.15, 0.2) is 41.7 Å². The zero-order valence-corrected chi connectivity index (χ0v) is 9.86. The van der Waals surface area contributed by atoms with Gasteiger partial charge in [0.05, 0.1) is 11.9 Å². The van der Waals surface area contributed by atoms with Gasteiger partial charge in [-0.05, 0) is 18.2 Å². The van der Waals surface area contributed by atoms with Crippen LogP contribution in [-0.4, -0.2) is 18.4 Å². The highest BCUT2D eigenvalue weighted by Gasteiger charge is 2.18. The second-order valence-electron chi connectivity index (χ2n) is 3.38. The first-order valence-corrected chi connectivity index (χ1v) is 6.31. The van der Waals surface area contributed by atoms with E-state index in [4.69, 9.17) is 5.73 Å². The predicted octanol–water partition coefficient (Wildman–Crippen LogP) is 0.999. The molecule has 18 heavy (non-hydrogen) atoms. The summed E-state index contributed by atoms with van der Waals surface area (Å²) in [4.78, 5) is 7.12. The topological polar surface area (TPSA) is 98.0 Å². The molecule has 0 atom stereocenters. The lowest BCUT2D eigenvalue weighted by Crippen LogP contribution is -2.16. The number of benzene rings is 1. The molecule has 0 amide bonds. The number of halogens is 1. The van der Waals surface area contributed by atoms with E-state index < -0.39 is 15.8 Å². The van der Waals surface area contributed by atoms with E-state index in [1.807, 2.05) is 0 Å². The quantitative estimate of drug-likeness (QED) is 0.809. The van der Waals surface area contributed by atoms with Crippen molar-refractivity contribution < 1.29 is 12.8 Å². The first-order chi connectivity index (χ1) is 8.49. The van der Waals surface area contributed by atoms with E-state index in [-0.39, 0.29) is 16.4 Å². The maximum Gasteiger partial charge on any atom is 0.265 e. The third kappa shape index (κ3) is 2.54. The fraction of sp³-hybridized carbons (Fsp3) is 0. The minimum atomic E-state index is -3.98. The molecule has 0 spiro atoms. The van der Waals surface area contributed by atoms with E-state index in [1.54, 1.807) is 0 Å². The molecule has 1 heterocycles. The standard InChI is InChI=1S/C10H9FN4O2S/c11-7-1-2-8(12)9(5-7)18(16,17)15-10-6-13-3-4-14-10/h1-6H,12H2,(H,14,15). The van der Waals surface area contributed by atoms with Gasteiger partial charge in [0.25, 0.3) is 10.0 Å². The number of nitrogens with one attached hydrogen (secondary N) is 1. The molecule has 3 N–H and O–H groups in total. The smallest absolute Gasteiger partial charge is 0.265 e. The molecular formula is C10H9FN4O2S. The molecule has 94 valence electrons. The molecule has 0 aliphatic carbocycles. The van der Waals surface area contributed by atoms with Crippen LogP contribution in [0.1, 0.15) is 0 Å². The Morgan fingerprint density at radius 2 is 2.06 bits per heavy atom. The maximum atomic E-state index is 13.0. The molecule has 6 nitrogen and oxygen atoms in total. The summed E-state index contributed by atoms with van der Waals surface area (Å²) in [7, 11) is -3.98. The van der Waals surface area contributed by atoms with E-state index in [9.17, 15) is 12.8 Å². The van der Waals surface area contributed by atoms with E-state index in [0.29, 0.717) is 0 Å². The van der Waals surface area contributed by atoms with Crippen molar-refractivity contribution in [3.63, 3.8) is 0 Å². The van der Waals surface area contributed by atoms with Crippen molar-refractivity contribution in [3.05, 3.63) is 42.6 Å². The zero-order valence-electron chi connectivity index (χ0n) is 9.04. The lowest BCUT2D eigenvalue weighted by atomic mass is 10.3. The van der Waals surface area contributed by atoms with Gasteiger partial charge in [0.2, 0.25) is 0 Å². The molecule has 0 saturated carbocycles. The number of nitrogen functional groups attached to an aromatic ring is 1. The fourth-order valence-electron chi connectivity index (χ4n) is 1.29. The SMILES string of the molecule is Nc1ccc(F)cc1S(=O)(=O)Nc1cnccn1. The largest absolute Gasteiger partial charge is 0.398 e. The highest BCUT2D eigenvalue weighted by atomic mass is 32.2. The van der Waals surface area contributed by atoms with Crippen LogP contribution in [-0.2, 0) is 10.0 Å². The Bertz CT molecular complexity index is 661. The number of hydrogen-bond donors (Lipinski definition) is 2. The summed E-state index contributed by atoms with van der Waals surface area (Å²) in [5.41, 5.74) is 5.46. The number of anilines is 2. The average Bonchev–Trinajstić information content (AvgIpc) is 2.33. The van der Waals surface area contributed by atoms with Crippen LogP contribution in [0.2, 0.25) is 0 Å². The summed E-state index contributed by atoms with van der Waals surface area (Å²) in [6.07, 6.45) is 3.95. The van der Waals surface area contributed by atoms with Gasteiger partial charge in [0.1, 0.15) is 10.7 Å². The minimum absolute atomic E-state index is 0.0289. The van der Waals surface area contributed by atoms with Crippen LogP contribution in [0.5, 0.6) is 0 Å². The molecule has 2 aromatic rings. The minimum Gasteiger partial charge on any atom is -0.398 e. The molecule has 8 heteroatoms. The number of aromatic nitrogens is 2. The van der Waals surface area contributed by atoms with Crippen LogP contribution in [0.4, 0.5) is 15.9 Å². The van der Waals surface area contributed by atoms with Gasteiger partial charge in [-0.25, -0.2) is 17.8 Å². The Morgan fingerprint density at radius 3 is 2.72 bits per heavy atom. The Labute approximate surface area is 103 Å². The Kier molecular flexibility index (Phi) is 3.11. The van der Waals surface area contributed by atoms with E-state index >= 15 is 0 Å². The van der Waals surface area contributed by atoms with Gasteiger partial charge in [0, 0.05) is 12.4 Å². The molecule has 0 bridgehead atoms. The summed E-state index contributed by atoms with van der Waals surface area (Å²) in [6.45, 7) is 0. The van der Waals surface area contributed by atoms with Gasteiger partial charge >= 0.3 is 0 Å². The van der Waals surface area contributed by atoms with Gasteiger partial charge < -0.3 is 5.73 Å². The van der Waals surface area contributed by atoms with Crippen molar-refractivity contribution in [2.24, 2.45) is 0 Å². The van der Waals surface area contributed by atoms with Crippen molar-refractivity contribution in [3.8, 4) is 0 Å². The van der Waals surface area contributed by atoms with Crippen LogP contribution in [0.3, 0.4) is 0 Å². The van der Waals surface area contributed by atoms with Crippen molar-refractivity contribution in [2.45, 2.75) is 4.90 Å². The number of hydrogen-bond acceptors (Lipinski definition) is 5. The van der Waals surface area contributed by atoms with Crippen LogP contribution < -0.4 is 10.5 Å². The van der Waals surface area contributed by atoms with Crippen LogP contribution >= 0.6 is 0 Å². The van der Waals surface area contributed by atoms with Crippen molar-refractivity contribution in [1.29, 1.82) is 0 Å². The monoisotopic (exact) mass is 268 g/mol. The second-order valence-corrected chi connectivity index (χ2v) is 5.03. The van der Waals surface area contributed by atoms with E-state index in [0.717, 1.165) is 12.1 Å². The number of nitrogens with zero attached hydrogens (tertiary/aromatic N) is 2. The second kappa shape index (κ2) is 4.57. The van der Waals surface area contributed by atoms with Crippen molar-refractivity contribution in [1.82, 2.24) is 9.97 Å². The highest BCUT2D eigenvalue weighted by Crippen LogP contribution is 2.21. The summed E-state index contributed by atoms with van der Waals surface area (Å²) < 4.78 is 39.1. The van der Waals surface area contributed by atoms with Gasteiger partial charge in [-0.2, -0.15) is 0 Å². The summed E-state index contributed by atoms with van der Waals surface area (Å²) >= 11 is 0. The molecule has 0 saturated heterocycles. The molecular weight excluding hydrogens is 259 g/mol.